The number of carboxylic acid groups (broad SMARTS) is 1. The van der Waals surface area contributed by atoms with Crippen LogP contribution in [0.15, 0.2) is 46.1 Å². The topological polar surface area (TPSA) is 103 Å². The number of ether oxygens (including phenoxy) is 1. The standard InChI is InChI=1S/C17H14ClN3O5/c1-20-14-9-19-13(16(23)24)8-12(14)15(22)21(17(20)25)6-7-26-11-4-2-10(18)3-5-11/h2-5,8-9H,6-7H2,1H3,(H,23,24). The molecule has 0 amide bonds. The SMILES string of the molecule is Cn1c(=O)n(CCOc2ccc(Cl)cc2)c(=O)c2cc(C(=O)O)ncc21. The Morgan fingerprint density at radius 3 is 2.62 bits per heavy atom. The van der Waals surface area contributed by atoms with Gasteiger partial charge in [0.05, 0.1) is 23.6 Å². The zero-order chi connectivity index (χ0) is 18.8. The number of aromatic carboxylic acids is 1. The van der Waals surface area contributed by atoms with Crippen LogP contribution in [0.1, 0.15) is 10.5 Å². The van der Waals surface area contributed by atoms with E-state index in [1.807, 2.05) is 0 Å². The molecule has 134 valence electrons. The average molecular weight is 376 g/mol. The number of aryl methyl sites for hydroxylation is 1. The van der Waals surface area contributed by atoms with Gasteiger partial charge in [0.15, 0.2) is 0 Å². The van der Waals surface area contributed by atoms with Crippen molar-refractivity contribution in [2.24, 2.45) is 7.05 Å². The number of carboxylic acids is 1. The number of aromatic nitrogens is 3. The van der Waals surface area contributed by atoms with Crippen molar-refractivity contribution in [2.45, 2.75) is 6.54 Å². The minimum Gasteiger partial charge on any atom is -0.492 e. The summed E-state index contributed by atoms with van der Waals surface area (Å²) in [6.45, 7) is 0.0912. The van der Waals surface area contributed by atoms with E-state index in [1.165, 1.54) is 17.8 Å². The molecule has 8 nitrogen and oxygen atoms in total. The van der Waals surface area contributed by atoms with Crippen LogP contribution >= 0.6 is 11.6 Å². The molecule has 0 spiro atoms. The van der Waals surface area contributed by atoms with Crippen molar-refractivity contribution >= 4 is 28.5 Å². The zero-order valence-electron chi connectivity index (χ0n) is 13.7. The van der Waals surface area contributed by atoms with E-state index in [0.717, 1.165) is 10.6 Å². The molecular formula is C17H14ClN3O5. The van der Waals surface area contributed by atoms with Gasteiger partial charge in [-0.25, -0.2) is 14.6 Å². The number of carbonyl (C=O) groups is 1. The highest BCUT2D eigenvalue weighted by molar-refractivity contribution is 6.30. The normalized spacial score (nSPS) is 10.8. The second-order valence-electron chi connectivity index (χ2n) is 5.49. The molecule has 2 aromatic heterocycles. The largest absolute Gasteiger partial charge is 0.492 e. The molecule has 9 heteroatoms. The predicted molar refractivity (Wildman–Crippen MR) is 95.2 cm³/mol. The van der Waals surface area contributed by atoms with Crippen LogP contribution in [-0.2, 0) is 13.6 Å². The van der Waals surface area contributed by atoms with E-state index in [0.29, 0.717) is 10.8 Å². The Morgan fingerprint density at radius 2 is 1.96 bits per heavy atom. The van der Waals surface area contributed by atoms with Gasteiger partial charge in [-0.2, -0.15) is 0 Å². The van der Waals surface area contributed by atoms with Crippen LogP contribution < -0.4 is 16.0 Å². The fourth-order valence-electron chi connectivity index (χ4n) is 2.50. The van der Waals surface area contributed by atoms with Crippen LogP contribution in [0.2, 0.25) is 5.02 Å². The number of rotatable bonds is 5. The third-order valence-electron chi connectivity index (χ3n) is 3.85. The fraction of sp³-hybridized carbons (Fsp3) is 0.176. The van der Waals surface area contributed by atoms with Crippen molar-refractivity contribution < 1.29 is 14.6 Å². The average Bonchev–Trinajstić information content (AvgIpc) is 2.63. The lowest BCUT2D eigenvalue weighted by Crippen LogP contribution is -2.40. The van der Waals surface area contributed by atoms with Crippen LogP contribution in [0, 0.1) is 0 Å². The lowest BCUT2D eigenvalue weighted by Gasteiger charge is -2.11. The number of halogens is 1. The number of hydrogen-bond acceptors (Lipinski definition) is 5. The number of nitrogens with zero attached hydrogens (tertiary/aromatic N) is 3. The minimum atomic E-state index is -1.25. The molecule has 0 fully saturated rings. The van der Waals surface area contributed by atoms with E-state index < -0.39 is 17.2 Å². The first kappa shape index (κ1) is 17.7. The molecule has 1 aromatic carbocycles. The fourth-order valence-corrected chi connectivity index (χ4v) is 2.63. The zero-order valence-corrected chi connectivity index (χ0v) is 14.4. The second-order valence-corrected chi connectivity index (χ2v) is 5.93. The van der Waals surface area contributed by atoms with Crippen LogP contribution in [0.3, 0.4) is 0 Å². The number of fused-ring (bicyclic) bond motifs is 1. The van der Waals surface area contributed by atoms with Gasteiger partial charge in [-0.1, -0.05) is 11.6 Å². The Balaban J connectivity index is 1.94. The van der Waals surface area contributed by atoms with Gasteiger partial charge >= 0.3 is 11.7 Å². The van der Waals surface area contributed by atoms with Crippen LogP contribution in [0.5, 0.6) is 5.75 Å². The van der Waals surface area contributed by atoms with Crippen molar-refractivity contribution in [3.8, 4) is 5.75 Å². The number of hydrogen-bond donors (Lipinski definition) is 1. The quantitative estimate of drug-likeness (QED) is 0.725. The second kappa shape index (κ2) is 7.01. The van der Waals surface area contributed by atoms with E-state index in [1.54, 1.807) is 24.3 Å². The van der Waals surface area contributed by atoms with E-state index in [4.69, 9.17) is 21.4 Å². The van der Waals surface area contributed by atoms with E-state index in [9.17, 15) is 14.4 Å². The van der Waals surface area contributed by atoms with Crippen molar-refractivity contribution in [3.63, 3.8) is 0 Å². The maximum Gasteiger partial charge on any atom is 0.354 e. The van der Waals surface area contributed by atoms with Gasteiger partial charge in [0.25, 0.3) is 5.56 Å². The monoisotopic (exact) mass is 375 g/mol. The van der Waals surface area contributed by atoms with Crippen molar-refractivity contribution in [1.82, 2.24) is 14.1 Å². The minimum absolute atomic E-state index is 0.00873. The number of pyridine rings is 1. The first-order valence-corrected chi connectivity index (χ1v) is 7.97. The summed E-state index contributed by atoms with van der Waals surface area (Å²) in [5.74, 6) is -0.699. The Morgan fingerprint density at radius 1 is 1.27 bits per heavy atom. The van der Waals surface area contributed by atoms with Gasteiger partial charge in [0.1, 0.15) is 18.1 Å². The molecule has 3 rings (SSSR count). The molecule has 0 atom stereocenters. The highest BCUT2D eigenvalue weighted by Gasteiger charge is 2.14. The van der Waals surface area contributed by atoms with Gasteiger partial charge in [0, 0.05) is 12.1 Å². The molecule has 0 saturated carbocycles. The van der Waals surface area contributed by atoms with Gasteiger partial charge in [-0.15, -0.1) is 0 Å². The van der Waals surface area contributed by atoms with Gasteiger partial charge < -0.3 is 9.84 Å². The summed E-state index contributed by atoms with van der Waals surface area (Å²) in [4.78, 5) is 39.9. The third-order valence-corrected chi connectivity index (χ3v) is 4.11. The summed E-state index contributed by atoms with van der Waals surface area (Å²) in [7, 11) is 1.49. The molecule has 0 radical (unpaired) electrons. The molecule has 1 N–H and O–H groups in total. The molecule has 0 saturated heterocycles. The summed E-state index contributed by atoms with van der Waals surface area (Å²) in [6.07, 6.45) is 1.20. The molecule has 26 heavy (non-hydrogen) atoms. The van der Waals surface area contributed by atoms with Crippen molar-refractivity contribution in [2.75, 3.05) is 6.61 Å². The smallest absolute Gasteiger partial charge is 0.354 e. The summed E-state index contributed by atoms with van der Waals surface area (Å²) >= 11 is 5.80. The Kier molecular flexibility index (Phi) is 4.77. The molecule has 0 aliphatic carbocycles. The van der Waals surface area contributed by atoms with Crippen LogP contribution in [0.4, 0.5) is 0 Å². The van der Waals surface area contributed by atoms with Gasteiger partial charge in [-0.3, -0.25) is 13.9 Å². The maximum atomic E-state index is 12.6. The summed E-state index contributed by atoms with van der Waals surface area (Å²) in [5, 5.41) is 9.72. The van der Waals surface area contributed by atoms with Gasteiger partial charge in [-0.05, 0) is 30.3 Å². The lowest BCUT2D eigenvalue weighted by molar-refractivity contribution is 0.0690. The van der Waals surface area contributed by atoms with E-state index >= 15 is 0 Å². The Labute approximate surface area is 151 Å². The third kappa shape index (κ3) is 3.31. The number of benzene rings is 1. The molecule has 0 bridgehead atoms. The molecular weight excluding hydrogens is 362 g/mol. The molecule has 3 aromatic rings. The first-order valence-electron chi connectivity index (χ1n) is 7.59. The van der Waals surface area contributed by atoms with Crippen LogP contribution in [-0.4, -0.2) is 31.8 Å². The lowest BCUT2D eigenvalue weighted by atomic mass is 10.2. The van der Waals surface area contributed by atoms with E-state index in [-0.39, 0.29) is 29.7 Å². The maximum absolute atomic E-state index is 12.6. The van der Waals surface area contributed by atoms with Crippen LogP contribution in [0.25, 0.3) is 10.9 Å². The molecule has 0 unspecified atom stereocenters. The first-order chi connectivity index (χ1) is 12.4. The Hall–Kier alpha value is -3.13. The highest BCUT2D eigenvalue weighted by Crippen LogP contribution is 2.15. The summed E-state index contributed by atoms with van der Waals surface area (Å²) < 4.78 is 7.77. The Bertz CT molecular complexity index is 1100. The molecule has 0 aliphatic rings. The van der Waals surface area contributed by atoms with Crippen molar-refractivity contribution in [1.29, 1.82) is 0 Å². The van der Waals surface area contributed by atoms with E-state index in [2.05, 4.69) is 4.98 Å². The molecule has 0 aliphatic heterocycles. The summed E-state index contributed by atoms with van der Waals surface area (Å²) in [6, 6.07) is 7.84. The molecule has 2 heterocycles. The summed E-state index contributed by atoms with van der Waals surface area (Å²) in [5.41, 5.74) is -1.13. The highest BCUT2D eigenvalue weighted by atomic mass is 35.5. The van der Waals surface area contributed by atoms with Gasteiger partial charge in [0.2, 0.25) is 0 Å². The van der Waals surface area contributed by atoms with Crippen molar-refractivity contribution in [3.05, 3.63) is 68.1 Å². The predicted octanol–water partition coefficient (Wildman–Crippen LogP) is 1.53.